The molecule has 1 aliphatic rings. The standard InChI is InChI=1S/C18H20ClN3O2/c19-14-11-15(20-12-14)17(23)21-16(10-13-6-2-1-3-7-13)18(24)22-8-4-5-9-22/h1-3,6-7,11-12,16,20H,4-5,8-10H2,(H,21,23). The molecular weight excluding hydrogens is 326 g/mol. The first-order chi connectivity index (χ1) is 11.6. The quantitative estimate of drug-likeness (QED) is 0.875. The molecule has 2 amide bonds. The lowest BCUT2D eigenvalue weighted by Crippen LogP contribution is -2.49. The zero-order valence-corrected chi connectivity index (χ0v) is 14.1. The summed E-state index contributed by atoms with van der Waals surface area (Å²) in [6.45, 7) is 1.52. The molecule has 0 spiro atoms. The molecule has 5 nitrogen and oxygen atoms in total. The molecule has 2 N–H and O–H groups in total. The van der Waals surface area contributed by atoms with Gasteiger partial charge in [-0.25, -0.2) is 0 Å². The van der Waals surface area contributed by atoms with Crippen molar-refractivity contribution in [2.75, 3.05) is 13.1 Å². The van der Waals surface area contributed by atoms with Crippen molar-refractivity contribution in [3.05, 3.63) is 58.9 Å². The second-order valence-electron chi connectivity index (χ2n) is 5.98. The molecule has 1 saturated heterocycles. The van der Waals surface area contributed by atoms with Crippen molar-refractivity contribution < 1.29 is 9.59 Å². The van der Waals surface area contributed by atoms with Crippen LogP contribution in [-0.4, -0.2) is 40.8 Å². The number of H-pyrrole nitrogens is 1. The van der Waals surface area contributed by atoms with Crippen molar-refractivity contribution in [3.63, 3.8) is 0 Å². The van der Waals surface area contributed by atoms with Crippen LogP contribution in [0.1, 0.15) is 28.9 Å². The van der Waals surface area contributed by atoms with Gasteiger partial charge in [-0.3, -0.25) is 9.59 Å². The maximum absolute atomic E-state index is 12.8. The molecule has 24 heavy (non-hydrogen) atoms. The Bertz CT molecular complexity index is 708. The van der Waals surface area contributed by atoms with Gasteiger partial charge < -0.3 is 15.2 Å². The molecule has 126 valence electrons. The fourth-order valence-corrected chi connectivity index (χ4v) is 3.11. The van der Waals surface area contributed by atoms with Crippen LogP contribution in [0, 0.1) is 0 Å². The predicted octanol–water partition coefficient (Wildman–Crippen LogP) is 2.63. The molecular formula is C18H20ClN3O2. The van der Waals surface area contributed by atoms with E-state index in [-0.39, 0.29) is 11.8 Å². The monoisotopic (exact) mass is 345 g/mol. The summed E-state index contributed by atoms with van der Waals surface area (Å²) in [7, 11) is 0. The van der Waals surface area contributed by atoms with Crippen LogP contribution in [0.2, 0.25) is 5.02 Å². The van der Waals surface area contributed by atoms with E-state index >= 15 is 0 Å². The Labute approximate surface area is 146 Å². The predicted molar refractivity (Wildman–Crippen MR) is 93.0 cm³/mol. The largest absolute Gasteiger partial charge is 0.356 e. The summed E-state index contributed by atoms with van der Waals surface area (Å²) in [4.78, 5) is 29.8. The molecule has 1 atom stereocenters. The Morgan fingerprint density at radius 2 is 1.92 bits per heavy atom. The van der Waals surface area contributed by atoms with Crippen molar-refractivity contribution in [1.82, 2.24) is 15.2 Å². The van der Waals surface area contributed by atoms with Gasteiger partial charge in [0.1, 0.15) is 11.7 Å². The third-order valence-electron chi connectivity index (χ3n) is 4.20. The van der Waals surface area contributed by atoms with E-state index in [9.17, 15) is 9.59 Å². The highest BCUT2D eigenvalue weighted by Crippen LogP contribution is 2.14. The minimum Gasteiger partial charge on any atom is -0.356 e. The highest BCUT2D eigenvalue weighted by molar-refractivity contribution is 6.31. The van der Waals surface area contributed by atoms with Crippen molar-refractivity contribution >= 4 is 23.4 Å². The van der Waals surface area contributed by atoms with E-state index in [4.69, 9.17) is 11.6 Å². The normalized spacial score (nSPS) is 15.3. The first-order valence-electron chi connectivity index (χ1n) is 8.11. The molecule has 3 rings (SSSR count). The second-order valence-corrected chi connectivity index (χ2v) is 6.42. The summed E-state index contributed by atoms with van der Waals surface area (Å²) in [5.74, 6) is -0.349. The smallest absolute Gasteiger partial charge is 0.268 e. The third-order valence-corrected chi connectivity index (χ3v) is 4.41. The second kappa shape index (κ2) is 7.53. The number of benzene rings is 1. The Morgan fingerprint density at radius 3 is 2.54 bits per heavy atom. The Hall–Kier alpha value is -2.27. The average Bonchev–Trinajstić information content (AvgIpc) is 3.26. The summed E-state index contributed by atoms with van der Waals surface area (Å²) < 4.78 is 0. The summed E-state index contributed by atoms with van der Waals surface area (Å²) >= 11 is 5.85. The molecule has 0 bridgehead atoms. The van der Waals surface area contributed by atoms with Gasteiger partial charge in [0.15, 0.2) is 0 Å². The van der Waals surface area contributed by atoms with Crippen LogP contribution < -0.4 is 5.32 Å². The fraction of sp³-hybridized carbons (Fsp3) is 0.333. The number of hydrogen-bond acceptors (Lipinski definition) is 2. The minimum absolute atomic E-state index is 0.0256. The number of aromatic nitrogens is 1. The number of nitrogens with zero attached hydrogens (tertiary/aromatic N) is 1. The lowest BCUT2D eigenvalue weighted by atomic mass is 10.0. The van der Waals surface area contributed by atoms with Gasteiger partial charge in [0.05, 0.1) is 5.02 Å². The van der Waals surface area contributed by atoms with Gasteiger partial charge in [0.25, 0.3) is 5.91 Å². The summed E-state index contributed by atoms with van der Waals surface area (Å²) in [5.41, 5.74) is 1.37. The van der Waals surface area contributed by atoms with Gasteiger partial charge in [-0.1, -0.05) is 41.9 Å². The van der Waals surface area contributed by atoms with Crippen molar-refractivity contribution in [1.29, 1.82) is 0 Å². The number of amides is 2. The zero-order valence-electron chi connectivity index (χ0n) is 13.3. The van der Waals surface area contributed by atoms with Gasteiger partial charge in [-0.2, -0.15) is 0 Å². The molecule has 2 heterocycles. The van der Waals surface area contributed by atoms with E-state index in [2.05, 4.69) is 10.3 Å². The van der Waals surface area contributed by atoms with Crippen LogP contribution in [0.4, 0.5) is 0 Å². The van der Waals surface area contributed by atoms with Crippen LogP contribution in [0.5, 0.6) is 0 Å². The summed E-state index contributed by atoms with van der Waals surface area (Å²) in [6.07, 6.45) is 4.05. The maximum atomic E-state index is 12.8. The van der Waals surface area contributed by atoms with Gasteiger partial charge in [-0.05, 0) is 24.5 Å². The Kier molecular flexibility index (Phi) is 5.20. The molecule has 1 aromatic heterocycles. The number of carbonyl (C=O) groups excluding carboxylic acids is 2. The minimum atomic E-state index is -0.583. The molecule has 0 radical (unpaired) electrons. The molecule has 1 fully saturated rings. The van der Waals surface area contributed by atoms with Crippen LogP contribution >= 0.6 is 11.6 Å². The van der Waals surface area contributed by atoms with Crippen molar-refractivity contribution in [3.8, 4) is 0 Å². The molecule has 0 aliphatic carbocycles. The molecule has 1 aromatic carbocycles. The Morgan fingerprint density at radius 1 is 1.21 bits per heavy atom. The van der Waals surface area contributed by atoms with E-state index in [1.54, 1.807) is 12.3 Å². The zero-order chi connectivity index (χ0) is 16.9. The molecule has 1 unspecified atom stereocenters. The molecule has 0 saturated carbocycles. The van der Waals surface area contributed by atoms with Crippen LogP contribution in [0.3, 0.4) is 0 Å². The van der Waals surface area contributed by atoms with E-state index in [1.807, 2.05) is 35.2 Å². The van der Waals surface area contributed by atoms with Crippen LogP contribution in [-0.2, 0) is 11.2 Å². The highest BCUT2D eigenvalue weighted by atomic mass is 35.5. The topological polar surface area (TPSA) is 65.2 Å². The van der Waals surface area contributed by atoms with Crippen molar-refractivity contribution in [2.45, 2.75) is 25.3 Å². The number of halogens is 1. The molecule has 6 heteroatoms. The van der Waals surface area contributed by atoms with E-state index in [0.717, 1.165) is 31.5 Å². The number of aromatic amines is 1. The molecule has 2 aromatic rings. The number of carbonyl (C=O) groups is 2. The number of rotatable bonds is 5. The lowest BCUT2D eigenvalue weighted by molar-refractivity contribution is -0.132. The van der Waals surface area contributed by atoms with Crippen LogP contribution in [0.15, 0.2) is 42.6 Å². The average molecular weight is 346 g/mol. The lowest BCUT2D eigenvalue weighted by Gasteiger charge is -2.24. The van der Waals surface area contributed by atoms with Crippen LogP contribution in [0.25, 0.3) is 0 Å². The number of nitrogens with one attached hydrogen (secondary N) is 2. The molecule has 1 aliphatic heterocycles. The number of likely N-dealkylation sites (tertiary alicyclic amines) is 1. The van der Waals surface area contributed by atoms with E-state index in [0.29, 0.717) is 17.1 Å². The third kappa shape index (κ3) is 3.97. The first-order valence-corrected chi connectivity index (χ1v) is 8.49. The SMILES string of the molecule is O=C(NC(Cc1ccccc1)C(=O)N1CCCC1)c1cc(Cl)c[nH]1. The highest BCUT2D eigenvalue weighted by Gasteiger charge is 2.28. The Balaban J connectivity index is 1.75. The summed E-state index contributed by atoms with van der Waals surface area (Å²) in [5, 5.41) is 3.32. The van der Waals surface area contributed by atoms with E-state index in [1.165, 1.54) is 0 Å². The van der Waals surface area contributed by atoms with Gasteiger partial charge >= 0.3 is 0 Å². The first kappa shape index (κ1) is 16.6. The fourth-order valence-electron chi connectivity index (χ4n) is 2.94. The number of hydrogen-bond donors (Lipinski definition) is 2. The maximum Gasteiger partial charge on any atom is 0.268 e. The van der Waals surface area contributed by atoms with Gasteiger partial charge in [0.2, 0.25) is 5.91 Å². The summed E-state index contributed by atoms with van der Waals surface area (Å²) in [6, 6.07) is 10.7. The van der Waals surface area contributed by atoms with Crippen molar-refractivity contribution in [2.24, 2.45) is 0 Å². The van der Waals surface area contributed by atoms with Gasteiger partial charge in [-0.15, -0.1) is 0 Å². The van der Waals surface area contributed by atoms with Gasteiger partial charge in [0, 0.05) is 25.7 Å². The van der Waals surface area contributed by atoms with E-state index < -0.39 is 6.04 Å².